The van der Waals surface area contributed by atoms with Crippen LogP contribution in [0.5, 0.6) is 0 Å². The zero-order valence-corrected chi connectivity index (χ0v) is 17.3. The number of hydrogen-bond donors (Lipinski definition) is 3. The molecule has 2 saturated carbocycles. The van der Waals surface area contributed by atoms with E-state index in [4.69, 9.17) is 5.73 Å². The highest BCUT2D eigenvalue weighted by Gasteiger charge is 2.69. The molecule has 10 heteroatoms. The van der Waals surface area contributed by atoms with Crippen molar-refractivity contribution in [1.29, 1.82) is 0 Å². The fraction of sp³-hybridized carbons (Fsp3) is 0.524. The molecule has 0 radical (unpaired) electrons. The van der Waals surface area contributed by atoms with Gasteiger partial charge in [0.25, 0.3) is 5.56 Å². The smallest absolute Gasteiger partial charge is 0.259 e. The summed E-state index contributed by atoms with van der Waals surface area (Å²) in [6.45, 7) is 1.67. The highest BCUT2D eigenvalue weighted by molar-refractivity contribution is 6.32. The monoisotopic (exact) mass is 429 g/mol. The molecule has 3 aliphatic carbocycles. The number of aromatic amines is 1. The van der Waals surface area contributed by atoms with Crippen molar-refractivity contribution in [3.63, 3.8) is 0 Å². The molecule has 1 aromatic heterocycles. The molecule has 2 fully saturated rings. The fourth-order valence-corrected chi connectivity index (χ4v) is 5.69. The minimum atomic E-state index is -2.71. The van der Waals surface area contributed by atoms with Crippen LogP contribution in [0.4, 0.5) is 0 Å². The molecule has 4 rings (SSSR count). The van der Waals surface area contributed by atoms with Crippen molar-refractivity contribution in [2.24, 2.45) is 29.4 Å². The van der Waals surface area contributed by atoms with Gasteiger partial charge >= 0.3 is 0 Å². The second-order valence-corrected chi connectivity index (χ2v) is 8.97. The number of aryl methyl sites for hydroxylation is 1. The number of amides is 1. The number of carbonyl (C=O) groups excluding carboxylic acids is 5. The van der Waals surface area contributed by atoms with Gasteiger partial charge in [0.15, 0.2) is 34.7 Å². The Hall–Kier alpha value is -2.98. The number of carbonyl (C=O) groups is 5. The van der Waals surface area contributed by atoms with Crippen molar-refractivity contribution in [2.45, 2.75) is 31.4 Å². The second-order valence-electron chi connectivity index (χ2n) is 8.97. The van der Waals surface area contributed by atoms with E-state index in [0.717, 1.165) is 0 Å². The molecular formula is C21H23N3O7. The van der Waals surface area contributed by atoms with Crippen LogP contribution in [-0.2, 0) is 25.6 Å². The number of nitrogens with zero attached hydrogens (tertiary/aromatic N) is 1. The summed E-state index contributed by atoms with van der Waals surface area (Å²) in [6.07, 6.45) is 0.242. The molecule has 164 valence electrons. The molecule has 31 heavy (non-hydrogen) atoms. The number of hydrogen-bond acceptors (Lipinski definition) is 8. The predicted octanol–water partition coefficient (Wildman–Crippen LogP) is -1.84. The number of aromatic nitrogens is 1. The summed E-state index contributed by atoms with van der Waals surface area (Å²) in [5, 5.41) is 11.4. The van der Waals surface area contributed by atoms with E-state index in [9.17, 15) is 33.9 Å². The molecule has 0 aromatic carbocycles. The van der Waals surface area contributed by atoms with E-state index in [1.54, 1.807) is 13.0 Å². The summed E-state index contributed by atoms with van der Waals surface area (Å²) in [5.74, 6) is -10.2. The van der Waals surface area contributed by atoms with Crippen molar-refractivity contribution < 1.29 is 29.1 Å². The van der Waals surface area contributed by atoms with Crippen LogP contribution in [0.3, 0.4) is 0 Å². The number of Topliss-reactive ketones (excluding diaryl/α,β-unsaturated/α-hetero) is 4. The molecule has 0 bridgehead atoms. The van der Waals surface area contributed by atoms with Crippen LogP contribution in [-0.4, -0.2) is 69.8 Å². The molecule has 0 spiro atoms. The number of likely N-dealkylation sites (N-methyl/N-ethyl adjacent to an activating group) is 1. The average molecular weight is 429 g/mol. The molecule has 1 heterocycles. The number of primary amides is 1. The van der Waals surface area contributed by atoms with Crippen molar-refractivity contribution in [2.75, 3.05) is 14.1 Å². The summed E-state index contributed by atoms with van der Waals surface area (Å²) < 4.78 is 0. The third-order valence-corrected chi connectivity index (χ3v) is 6.92. The van der Waals surface area contributed by atoms with Crippen LogP contribution >= 0.6 is 0 Å². The van der Waals surface area contributed by atoms with Crippen LogP contribution < -0.4 is 11.3 Å². The Morgan fingerprint density at radius 2 is 1.84 bits per heavy atom. The standard InChI is InChI=1S/C21H23N3O7/c1-7-4-8-5-9-6-10-14(24(2)3)16(26)13(19(22)29)18(28)21(10,31)17(27)11(9)15(25)12(8)20(30)23-7/h4,9-11,13-14,31H,5-6H2,1-3H3,(H2,22,29)(H,23,30)/t9-,10-,11?,13?,14-,21-/m0/s1. The lowest BCUT2D eigenvalue weighted by Crippen LogP contribution is -2.74. The van der Waals surface area contributed by atoms with Crippen molar-refractivity contribution >= 4 is 29.0 Å². The van der Waals surface area contributed by atoms with Crippen LogP contribution in [0.15, 0.2) is 10.9 Å². The third-order valence-electron chi connectivity index (χ3n) is 6.92. The van der Waals surface area contributed by atoms with Crippen LogP contribution in [0.2, 0.25) is 0 Å². The summed E-state index contributed by atoms with van der Waals surface area (Å²) in [7, 11) is 3.08. The molecule has 10 nitrogen and oxygen atoms in total. The Labute approximate surface area is 176 Å². The number of rotatable bonds is 2. The van der Waals surface area contributed by atoms with Gasteiger partial charge in [-0.1, -0.05) is 0 Å². The van der Waals surface area contributed by atoms with Crippen molar-refractivity contribution in [3.8, 4) is 0 Å². The van der Waals surface area contributed by atoms with Crippen molar-refractivity contribution in [1.82, 2.24) is 9.88 Å². The van der Waals surface area contributed by atoms with Gasteiger partial charge in [0.1, 0.15) is 0 Å². The number of nitrogens with one attached hydrogen (secondary N) is 1. The summed E-state index contributed by atoms with van der Waals surface area (Å²) in [4.78, 5) is 80.9. The number of nitrogens with two attached hydrogens (primary N) is 1. The lowest BCUT2D eigenvalue weighted by Gasteiger charge is -2.52. The largest absolute Gasteiger partial charge is 0.374 e. The minimum Gasteiger partial charge on any atom is -0.374 e. The Morgan fingerprint density at radius 3 is 2.42 bits per heavy atom. The Balaban J connectivity index is 1.88. The first kappa shape index (κ1) is 21.3. The van der Waals surface area contributed by atoms with E-state index >= 15 is 0 Å². The number of ketones is 4. The Bertz CT molecular complexity index is 1120. The fourth-order valence-electron chi connectivity index (χ4n) is 5.69. The average Bonchev–Trinajstić information content (AvgIpc) is 2.63. The van der Waals surface area contributed by atoms with Gasteiger partial charge < -0.3 is 15.8 Å². The van der Waals surface area contributed by atoms with Crippen LogP contribution in [0.1, 0.15) is 28.0 Å². The lowest BCUT2D eigenvalue weighted by molar-refractivity contribution is -0.181. The zero-order valence-electron chi connectivity index (χ0n) is 17.3. The van der Waals surface area contributed by atoms with Gasteiger partial charge in [-0.05, 0) is 51.4 Å². The van der Waals surface area contributed by atoms with Crippen LogP contribution in [0, 0.1) is 30.6 Å². The molecule has 1 amide bonds. The SMILES string of the molecule is Cc1cc2c(c(=O)[nH]1)C(=O)C1C(=O)[C@]3(O)C(=O)C(C(N)=O)C(=O)[C@@H](N(C)C)[C@@H]3C[C@@H]1C2. The molecule has 0 aliphatic heterocycles. The van der Waals surface area contributed by atoms with Gasteiger partial charge in [0, 0.05) is 11.6 Å². The molecular weight excluding hydrogens is 406 g/mol. The summed E-state index contributed by atoms with van der Waals surface area (Å²) in [5.41, 5.74) is 2.82. The summed E-state index contributed by atoms with van der Waals surface area (Å²) in [6, 6.07) is 0.558. The molecule has 4 N–H and O–H groups in total. The topological polar surface area (TPSA) is 168 Å². The van der Waals surface area contributed by atoms with Gasteiger partial charge in [-0.2, -0.15) is 0 Å². The number of H-pyrrole nitrogens is 1. The zero-order chi connectivity index (χ0) is 23.0. The third kappa shape index (κ3) is 2.71. The van der Waals surface area contributed by atoms with Gasteiger partial charge in [-0.3, -0.25) is 33.7 Å². The number of aliphatic hydroxyl groups is 1. The van der Waals surface area contributed by atoms with Gasteiger partial charge in [0.05, 0.1) is 17.5 Å². The maximum Gasteiger partial charge on any atom is 0.259 e. The van der Waals surface area contributed by atoms with Gasteiger partial charge in [-0.25, -0.2) is 0 Å². The number of pyridine rings is 1. The van der Waals surface area contributed by atoms with E-state index in [2.05, 4.69) is 4.98 Å². The van der Waals surface area contributed by atoms with E-state index in [1.807, 2.05) is 0 Å². The van der Waals surface area contributed by atoms with E-state index in [0.29, 0.717) is 11.3 Å². The summed E-state index contributed by atoms with van der Waals surface area (Å²) >= 11 is 0. The molecule has 2 unspecified atom stereocenters. The second kappa shape index (κ2) is 6.76. The van der Waals surface area contributed by atoms with Crippen LogP contribution in [0.25, 0.3) is 0 Å². The van der Waals surface area contributed by atoms with E-state index in [-0.39, 0.29) is 18.4 Å². The lowest BCUT2D eigenvalue weighted by atomic mass is 9.52. The predicted molar refractivity (Wildman–Crippen MR) is 105 cm³/mol. The highest BCUT2D eigenvalue weighted by atomic mass is 16.3. The molecule has 3 aliphatic rings. The van der Waals surface area contributed by atoms with Gasteiger partial charge in [0.2, 0.25) is 5.91 Å². The van der Waals surface area contributed by atoms with E-state index < -0.39 is 69.9 Å². The molecule has 0 saturated heterocycles. The van der Waals surface area contributed by atoms with Gasteiger partial charge in [-0.15, -0.1) is 0 Å². The first-order valence-corrected chi connectivity index (χ1v) is 9.98. The maximum absolute atomic E-state index is 13.5. The van der Waals surface area contributed by atoms with E-state index in [1.165, 1.54) is 19.0 Å². The maximum atomic E-state index is 13.5. The molecule has 1 aromatic rings. The number of fused-ring (bicyclic) bond motifs is 3. The molecule has 6 atom stereocenters. The van der Waals surface area contributed by atoms with Crippen molar-refractivity contribution in [3.05, 3.63) is 33.2 Å². The Morgan fingerprint density at radius 1 is 1.19 bits per heavy atom. The quantitative estimate of drug-likeness (QED) is 0.461. The Kier molecular flexibility index (Phi) is 4.64. The highest BCUT2D eigenvalue weighted by Crippen LogP contribution is 2.49. The minimum absolute atomic E-state index is 0.0236. The normalized spacial score (nSPS) is 34.9. The first-order valence-electron chi connectivity index (χ1n) is 9.98. The first-order chi connectivity index (χ1) is 14.4.